The van der Waals surface area contributed by atoms with Crippen molar-refractivity contribution in [2.45, 2.75) is 62.9 Å². The van der Waals surface area contributed by atoms with E-state index >= 15 is 0 Å². The van der Waals surface area contributed by atoms with Gasteiger partial charge >= 0.3 is 0 Å². The molecule has 1 aliphatic heterocycles. The second-order valence-corrected chi connectivity index (χ2v) is 11.4. The minimum absolute atomic E-state index is 0.0457. The largest absolute Gasteiger partial charge is 0.259 e. The molecule has 0 aromatic heterocycles. The number of hydrogen-bond donors (Lipinski definition) is 0. The first-order valence-electron chi connectivity index (χ1n) is 7.86. The zero-order valence-electron chi connectivity index (χ0n) is 13.1. The second kappa shape index (κ2) is 9.40. The van der Waals surface area contributed by atoms with Crippen LogP contribution in [-0.2, 0) is 31.4 Å². The van der Waals surface area contributed by atoms with Crippen molar-refractivity contribution in [3.8, 4) is 0 Å². The molecule has 0 aromatic rings. The van der Waals surface area contributed by atoms with E-state index in [0.29, 0.717) is 11.5 Å². The highest BCUT2D eigenvalue weighted by atomic mass is 32.2. The van der Waals surface area contributed by atoms with Crippen molar-refractivity contribution in [2.75, 3.05) is 23.0 Å². The fourth-order valence-electron chi connectivity index (χ4n) is 2.56. The van der Waals surface area contributed by atoms with Crippen LogP contribution < -0.4 is 0 Å². The molecule has 0 spiro atoms. The fourth-order valence-corrected chi connectivity index (χ4v) is 10.1. The van der Waals surface area contributed by atoms with E-state index in [1.807, 2.05) is 0 Å². The third-order valence-corrected chi connectivity index (χ3v) is 9.88. The van der Waals surface area contributed by atoms with Crippen LogP contribution in [0.15, 0.2) is 0 Å². The first-order valence-corrected chi connectivity index (χ1v) is 12.4. The van der Waals surface area contributed by atoms with Crippen LogP contribution in [0.2, 0.25) is 0 Å². The minimum Gasteiger partial charge on any atom is -0.259 e. The maximum atomic E-state index is 12.4. The molecule has 21 heavy (non-hydrogen) atoms. The molecule has 0 amide bonds. The molecule has 0 bridgehead atoms. The molecule has 7 heteroatoms. The van der Waals surface area contributed by atoms with E-state index in [1.165, 1.54) is 0 Å². The van der Waals surface area contributed by atoms with Gasteiger partial charge in [0.05, 0.1) is 22.0 Å². The summed E-state index contributed by atoms with van der Waals surface area (Å²) in [7, 11) is -5.53. The summed E-state index contributed by atoms with van der Waals surface area (Å²) >= 11 is 0. The van der Waals surface area contributed by atoms with Crippen LogP contribution >= 0.6 is 0 Å². The number of rotatable bonds is 10. The molecule has 1 aliphatic rings. The van der Waals surface area contributed by atoms with Gasteiger partial charge in [0.15, 0.2) is 9.84 Å². The standard InChI is InChI=1S/C14H28O4S3/c1-3-5-7-9-19(15)13-11-21(17,18)12-14(13)20(16)10-8-6-4-2/h13-14H,3-12H2,1-2H3/t13-,14+,19-,20-/m0/s1. The summed E-state index contributed by atoms with van der Waals surface area (Å²) in [6.07, 6.45) is 5.83. The molecule has 1 heterocycles. The van der Waals surface area contributed by atoms with Gasteiger partial charge in [0, 0.05) is 33.1 Å². The average Bonchev–Trinajstić information content (AvgIpc) is 2.75. The third-order valence-electron chi connectivity index (χ3n) is 3.82. The van der Waals surface area contributed by atoms with Crippen LogP contribution in [-0.4, -0.2) is 50.3 Å². The van der Waals surface area contributed by atoms with Gasteiger partial charge in [-0.15, -0.1) is 0 Å². The van der Waals surface area contributed by atoms with Gasteiger partial charge in [-0.05, 0) is 12.8 Å². The Hall–Kier alpha value is 0.250. The van der Waals surface area contributed by atoms with E-state index in [1.54, 1.807) is 0 Å². The predicted octanol–water partition coefficient (Wildman–Crippen LogP) is 2.03. The lowest BCUT2D eigenvalue weighted by molar-refractivity contribution is 0.602. The van der Waals surface area contributed by atoms with Crippen molar-refractivity contribution in [1.82, 2.24) is 0 Å². The molecule has 0 radical (unpaired) electrons. The van der Waals surface area contributed by atoms with Crippen LogP contribution in [0.1, 0.15) is 52.4 Å². The molecule has 0 unspecified atom stereocenters. The molecule has 126 valence electrons. The fraction of sp³-hybridized carbons (Fsp3) is 1.00. The van der Waals surface area contributed by atoms with E-state index in [-0.39, 0.29) is 11.5 Å². The average molecular weight is 357 g/mol. The molecule has 0 saturated carbocycles. The number of hydrogen-bond acceptors (Lipinski definition) is 4. The van der Waals surface area contributed by atoms with Crippen molar-refractivity contribution in [3.05, 3.63) is 0 Å². The molecule has 1 rings (SSSR count). The highest BCUT2D eigenvalue weighted by Crippen LogP contribution is 2.24. The Bertz CT molecular complexity index is 423. The molecule has 0 aliphatic carbocycles. The first kappa shape index (κ1) is 19.3. The van der Waals surface area contributed by atoms with Crippen molar-refractivity contribution >= 4 is 31.4 Å². The lowest BCUT2D eigenvalue weighted by Gasteiger charge is -2.17. The van der Waals surface area contributed by atoms with Gasteiger partial charge < -0.3 is 0 Å². The Morgan fingerprint density at radius 3 is 1.52 bits per heavy atom. The Morgan fingerprint density at radius 2 is 1.19 bits per heavy atom. The summed E-state index contributed by atoms with van der Waals surface area (Å²) in [6, 6.07) is 0. The molecular weight excluding hydrogens is 328 g/mol. The SMILES string of the molecule is CCCCC[S@](=O)[C@@H]1CS(=O)(=O)C[C@@H]1[S@@](=O)CCCCC. The van der Waals surface area contributed by atoms with Crippen LogP contribution in [0.3, 0.4) is 0 Å². The summed E-state index contributed by atoms with van der Waals surface area (Å²) in [4.78, 5) is 0. The molecule has 1 fully saturated rings. The lowest BCUT2D eigenvalue weighted by Crippen LogP contribution is -2.34. The van der Waals surface area contributed by atoms with E-state index in [2.05, 4.69) is 13.8 Å². The highest BCUT2D eigenvalue weighted by molar-refractivity contribution is 7.97. The zero-order valence-corrected chi connectivity index (χ0v) is 15.5. The molecule has 1 saturated heterocycles. The van der Waals surface area contributed by atoms with Gasteiger partial charge in [0.25, 0.3) is 0 Å². The van der Waals surface area contributed by atoms with E-state index in [9.17, 15) is 16.8 Å². The van der Waals surface area contributed by atoms with Gasteiger partial charge in [-0.25, -0.2) is 8.42 Å². The number of sulfone groups is 1. The third kappa shape index (κ3) is 6.48. The quantitative estimate of drug-likeness (QED) is 0.562. The van der Waals surface area contributed by atoms with Crippen molar-refractivity contribution in [1.29, 1.82) is 0 Å². The second-order valence-electron chi connectivity index (χ2n) is 5.74. The first-order chi connectivity index (χ1) is 9.91. The van der Waals surface area contributed by atoms with Gasteiger partial charge in [0.1, 0.15) is 0 Å². The van der Waals surface area contributed by atoms with E-state index < -0.39 is 41.9 Å². The predicted molar refractivity (Wildman–Crippen MR) is 91.3 cm³/mol. The lowest BCUT2D eigenvalue weighted by atomic mass is 10.3. The van der Waals surface area contributed by atoms with Crippen LogP contribution in [0.5, 0.6) is 0 Å². The molecule has 0 N–H and O–H groups in total. The summed E-state index contributed by atoms with van der Waals surface area (Å²) in [5, 5.41) is -0.844. The maximum absolute atomic E-state index is 12.4. The van der Waals surface area contributed by atoms with Gasteiger partial charge in [0.2, 0.25) is 0 Å². The number of unbranched alkanes of at least 4 members (excludes halogenated alkanes) is 4. The topological polar surface area (TPSA) is 68.3 Å². The van der Waals surface area contributed by atoms with Gasteiger partial charge in [-0.1, -0.05) is 39.5 Å². The van der Waals surface area contributed by atoms with E-state index in [4.69, 9.17) is 0 Å². The summed E-state index contributed by atoms with van der Waals surface area (Å²) < 4.78 is 48.4. The van der Waals surface area contributed by atoms with Crippen molar-refractivity contribution in [3.63, 3.8) is 0 Å². The molecule has 4 nitrogen and oxygen atoms in total. The molecular formula is C14H28O4S3. The van der Waals surface area contributed by atoms with Gasteiger partial charge in [-0.2, -0.15) is 0 Å². The zero-order chi connectivity index (χ0) is 15.9. The Kier molecular flexibility index (Phi) is 8.64. The summed E-state index contributed by atoms with van der Waals surface area (Å²) in [6.45, 7) is 4.16. The Balaban J connectivity index is 2.65. The van der Waals surface area contributed by atoms with Crippen molar-refractivity contribution in [2.24, 2.45) is 0 Å². The summed E-state index contributed by atoms with van der Waals surface area (Å²) in [5.41, 5.74) is 0. The minimum atomic E-state index is -3.18. The Morgan fingerprint density at radius 1 is 0.810 bits per heavy atom. The van der Waals surface area contributed by atoms with Crippen LogP contribution in [0.4, 0.5) is 0 Å². The van der Waals surface area contributed by atoms with Gasteiger partial charge in [-0.3, -0.25) is 8.42 Å². The normalized spacial score (nSPS) is 27.5. The highest BCUT2D eigenvalue weighted by Gasteiger charge is 2.43. The Labute approximate surface area is 134 Å². The summed E-state index contributed by atoms with van der Waals surface area (Å²) in [5.74, 6) is 0.985. The van der Waals surface area contributed by atoms with Crippen molar-refractivity contribution < 1.29 is 16.8 Å². The maximum Gasteiger partial charge on any atom is 0.152 e. The van der Waals surface area contributed by atoms with Crippen LogP contribution in [0, 0.1) is 0 Å². The van der Waals surface area contributed by atoms with Crippen LogP contribution in [0.25, 0.3) is 0 Å². The van der Waals surface area contributed by atoms with E-state index in [0.717, 1.165) is 38.5 Å². The molecule has 0 aromatic carbocycles. The molecule has 4 atom stereocenters. The smallest absolute Gasteiger partial charge is 0.152 e. The monoisotopic (exact) mass is 356 g/mol.